The first-order valence-electron chi connectivity index (χ1n) is 5.88. The van der Waals surface area contributed by atoms with Gasteiger partial charge in [-0.3, -0.25) is 0 Å². The Kier molecular flexibility index (Phi) is 4.72. The minimum atomic E-state index is 0.742. The van der Waals surface area contributed by atoms with Crippen LogP contribution in [0.25, 0.3) is 0 Å². The van der Waals surface area contributed by atoms with Gasteiger partial charge in [0.2, 0.25) is 0 Å². The van der Waals surface area contributed by atoms with E-state index < -0.39 is 0 Å². The lowest BCUT2D eigenvalue weighted by Gasteiger charge is -2.24. The topological polar surface area (TPSA) is 12.5 Å². The van der Waals surface area contributed by atoms with E-state index in [1.54, 1.807) is 7.11 Å². The van der Waals surface area contributed by atoms with Crippen LogP contribution in [-0.2, 0) is 5.33 Å². The van der Waals surface area contributed by atoms with Gasteiger partial charge in [0.1, 0.15) is 5.75 Å². The summed E-state index contributed by atoms with van der Waals surface area (Å²) in [6.45, 7) is 0. The number of benzene rings is 2. The number of methoxy groups -OCH3 is 1. The summed E-state index contributed by atoms with van der Waals surface area (Å²) in [5.74, 6) is 0.848. The Hall–Kier alpha value is -1.19. The van der Waals surface area contributed by atoms with Crippen LogP contribution in [0.15, 0.2) is 42.5 Å². The van der Waals surface area contributed by atoms with E-state index >= 15 is 0 Å². The van der Waals surface area contributed by atoms with E-state index in [0.717, 1.165) is 33.0 Å². The summed E-state index contributed by atoms with van der Waals surface area (Å²) in [4.78, 5) is 2.10. The Morgan fingerprint density at radius 1 is 1.16 bits per heavy atom. The summed E-state index contributed by atoms with van der Waals surface area (Å²) >= 11 is 9.54. The molecule has 0 saturated carbocycles. The Morgan fingerprint density at radius 2 is 1.89 bits per heavy atom. The summed E-state index contributed by atoms with van der Waals surface area (Å²) in [7, 11) is 3.70. The number of halogens is 2. The van der Waals surface area contributed by atoms with Gasteiger partial charge in [-0.1, -0.05) is 39.7 Å². The van der Waals surface area contributed by atoms with Crippen LogP contribution in [0.5, 0.6) is 5.75 Å². The second kappa shape index (κ2) is 6.31. The smallest absolute Gasteiger partial charge is 0.142 e. The van der Waals surface area contributed by atoms with Gasteiger partial charge in [0.25, 0.3) is 0 Å². The van der Waals surface area contributed by atoms with Crippen molar-refractivity contribution in [3.8, 4) is 5.75 Å². The van der Waals surface area contributed by atoms with Crippen molar-refractivity contribution in [3.63, 3.8) is 0 Å². The number of alkyl halides is 1. The van der Waals surface area contributed by atoms with Gasteiger partial charge in [-0.2, -0.15) is 0 Å². The average Bonchev–Trinajstić information content (AvgIpc) is 2.46. The Bertz CT molecular complexity index is 574. The molecule has 0 fully saturated rings. The molecule has 0 N–H and O–H groups in total. The molecule has 0 aromatic heterocycles. The van der Waals surface area contributed by atoms with Crippen molar-refractivity contribution in [1.29, 1.82) is 0 Å². The molecule has 0 spiro atoms. The predicted octanol–water partition coefficient (Wildman–Crippen LogP) is 5.01. The van der Waals surface area contributed by atoms with Gasteiger partial charge in [0, 0.05) is 23.1 Å². The number of rotatable bonds is 4. The van der Waals surface area contributed by atoms with Gasteiger partial charge in [0.05, 0.1) is 12.8 Å². The highest BCUT2D eigenvalue weighted by atomic mass is 79.9. The van der Waals surface area contributed by atoms with Gasteiger partial charge < -0.3 is 9.64 Å². The third-order valence-electron chi connectivity index (χ3n) is 2.99. The van der Waals surface area contributed by atoms with Crippen LogP contribution < -0.4 is 9.64 Å². The second-order valence-corrected chi connectivity index (χ2v) is 5.13. The Labute approximate surface area is 127 Å². The van der Waals surface area contributed by atoms with Gasteiger partial charge in [-0.05, 0) is 35.9 Å². The molecule has 2 aromatic rings. The minimum absolute atomic E-state index is 0.742. The fourth-order valence-electron chi connectivity index (χ4n) is 2.02. The van der Waals surface area contributed by atoms with Crippen molar-refractivity contribution in [3.05, 3.63) is 53.1 Å². The summed E-state index contributed by atoms with van der Waals surface area (Å²) < 4.78 is 5.41. The zero-order valence-corrected chi connectivity index (χ0v) is 13.2. The fraction of sp³-hybridized carbons (Fsp3) is 0.200. The van der Waals surface area contributed by atoms with Crippen molar-refractivity contribution in [2.45, 2.75) is 5.33 Å². The molecular formula is C15H15BrClNO. The van der Waals surface area contributed by atoms with E-state index in [1.807, 2.05) is 49.5 Å². The molecule has 2 aromatic carbocycles. The van der Waals surface area contributed by atoms with Crippen molar-refractivity contribution >= 4 is 38.9 Å². The van der Waals surface area contributed by atoms with Crippen LogP contribution in [0.1, 0.15) is 5.56 Å². The van der Waals surface area contributed by atoms with E-state index in [4.69, 9.17) is 16.3 Å². The van der Waals surface area contributed by atoms with Crippen LogP contribution in [0.3, 0.4) is 0 Å². The molecule has 0 unspecified atom stereocenters. The maximum atomic E-state index is 6.04. The highest BCUT2D eigenvalue weighted by molar-refractivity contribution is 9.08. The number of nitrogens with zero attached hydrogens (tertiary/aromatic N) is 1. The van der Waals surface area contributed by atoms with Crippen molar-refractivity contribution in [2.24, 2.45) is 0 Å². The second-order valence-electron chi connectivity index (χ2n) is 4.14. The maximum absolute atomic E-state index is 6.04. The quantitative estimate of drug-likeness (QED) is 0.725. The van der Waals surface area contributed by atoms with Crippen LogP contribution >= 0.6 is 27.5 Å². The standard InChI is InChI=1S/C15H15BrClNO/c1-18(14-5-3-4-6-15(14)19-2)13-8-7-12(17)9-11(13)10-16/h3-9H,10H2,1-2H3. The molecule has 2 rings (SSSR count). The fourth-order valence-corrected chi connectivity index (χ4v) is 2.67. The number of ether oxygens (including phenoxy) is 1. The van der Waals surface area contributed by atoms with Crippen molar-refractivity contribution < 1.29 is 4.74 Å². The third-order valence-corrected chi connectivity index (χ3v) is 3.83. The molecule has 0 amide bonds. The zero-order chi connectivity index (χ0) is 13.8. The summed E-state index contributed by atoms with van der Waals surface area (Å²) in [6, 6.07) is 13.8. The molecule has 100 valence electrons. The number of hydrogen-bond acceptors (Lipinski definition) is 2. The van der Waals surface area contributed by atoms with Crippen LogP contribution in [0, 0.1) is 0 Å². The predicted molar refractivity (Wildman–Crippen MR) is 85.1 cm³/mol. The molecule has 0 radical (unpaired) electrons. The maximum Gasteiger partial charge on any atom is 0.142 e. The van der Waals surface area contributed by atoms with E-state index in [0.29, 0.717) is 0 Å². The first-order valence-corrected chi connectivity index (χ1v) is 7.38. The van der Waals surface area contributed by atoms with Gasteiger partial charge in [-0.25, -0.2) is 0 Å². The molecule has 0 aliphatic heterocycles. The molecular weight excluding hydrogens is 326 g/mol. The highest BCUT2D eigenvalue weighted by Crippen LogP contribution is 2.35. The molecule has 0 aliphatic carbocycles. The number of para-hydroxylation sites is 2. The highest BCUT2D eigenvalue weighted by Gasteiger charge is 2.12. The van der Waals surface area contributed by atoms with E-state index in [2.05, 4.69) is 20.8 Å². The van der Waals surface area contributed by atoms with Gasteiger partial charge in [-0.15, -0.1) is 0 Å². The number of anilines is 2. The monoisotopic (exact) mass is 339 g/mol. The van der Waals surface area contributed by atoms with Gasteiger partial charge in [0.15, 0.2) is 0 Å². The normalized spacial score (nSPS) is 10.3. The molecule has 2 nitrogen and oxygen atoms in total. The van der Waals surface area contributed by atoms with E-state index in [9.17, 15) is 0 Å². The molecule has 0 bridgehead atoms. The van der Waals surface area contributed by atoms with Crippen LogP contribution in [0.4, 0.5) is 11.4 Å². The third kappa shape index (κ3) is 3.04. The first-order chi connectivity index (χ1) is 9.17. The molecule has 0 heterocycles. The molecule has 0 aliphatic rings. The van der Waals surface area contributed by atoms with Gasteiger partial charge >= 0.3 is 0 Å². The Balaban J connectivity index is 2.46. The molecule has 19 heavy (non-hydrogen) atoms. The summed E-state index contributed by atoms with van der Waals surface area (Å²) in [6.07, 6.45) is 0. The van der Waals surface area contributed by atoms with Crippen LogP contribution in [-0.4, -0.2) is 14.2 Å². The Morgan fingerprint density at radius 3 is 2.58 bits per heavy atom. The summed E-state index contributed by atoms with van der Waals surface area (Å²) in [5, 5.41) is 1.49. The molecule has 0 atom stereocenters. The lowest BCUT2D eigenvalue weighted by molar-refractivity contribution is 0.415. The largest absolute Gasteiger partial charge is 0.495 e. The molecule has 4 heteroatoms. The van der Waals surface area contributed by atoms with Crippen molar-refractivity contribution in [1.82, 2.24) is 0 Å². The minimum Gasteiger partial charge on any atom is -0.495 e. The number of hydrogen-bond donors (Lipinski definition) is 0. The zero-order valence-electron chi connectivity index (χ0n) is 10.9. The first kappa shape index (κ1) is 14.2. The lowest BCUT2D eigenvalue weighted by atomic mass is 10.1. The van der Waals surface area contributed by atoms with E-state index in [-0.39, 0.29) is 0 Å². The van der Waals surface area contributed by atoms with Crippen molar-refractivity contribution in [2.75, 3.05) is 19.1 Å². The summed E-state index contributed by atoms with van der Waals surface area (Å²) in [5.41, 5.74) is 3.27. The SMILES string of the molecule is COc1ccccc1N(C)c1ccc(Cl)cc1CBr. The van der Waals surface area contributed by atoms with E-state index in [1.165, 1.54) is 0 Å². The lowest BCUT2D eigenvalue weighted by Crippen LogP contribution is -2.12. The van der Waals surface area contributed by atoms with Crippen LogP contribution in [0.2, 0.25) is 5.02 Å². The molecule has 0 saturated heterocycles. The average molecular weight is 341 g/mol.